The number of carbonyl (C=O) groups is 1. The number of amides is 1. The number of ether oxygens (including phenoxy) is 2. The summed E-state index contributed by atoms with van der Waals surface area (Å²) in [7, 11) is 1.77. The molecule has 25 heavy (non-hydrogen) atoms. The second-order valence-corrected chi connectivity index (χ2v) is 7.46. The van der Waals surface area contributed by atoms with E-state index in [2.05, 4.69) is 0 Å². The van der Waals surface area contributed by atoms with Crippen LogP contribution in [0.1, 0.15) is 5.56 Å². The van der Waals surface area contributed by atoms with Gasteiger partial charge in [0.1, 0.15) is 13.2 Å². The van der Waals surface area contributed by atoms with E-state index in [1.807, 2.05) is 24.3 Å². The van der Waals surface area contributed by atoms with Gasteiger partial charge in [0.15, 0.2) is 11.5 Å². The van der Waals surface area contributed by atoms with Crippen LogP contribution in [0.5, 0.6) is 11.5 Å². The molecule has 0 N–H and O–H groups in total. The summed E-state index contributed by atoms with van der Waals surface area (Å²) in [6, 6.07) is 11.1. The molecule has 1 heterocycles. The summed E-state index contributed by atoms with van der Waals surface area (Å²) in [6.45, 7) is 1.60. The Kier molecular flexibility index (Phi) is 5.99. The van der Waals surface area contributed by atoms with E-state index in [0.717, 1.165) is 22.0 Å². The molecule has 0 saturated carbocycles. The zero-order chi connectivity index (χ0) is 17.8. The minimum Gasteiger partial charge on any atom is -0.486 e. The molecule has 4 nitrogen and oxygen atoms in total. The van der Waals surface area contributed by atoms with Gasteiger partial charge in [0.25, 0.3) is 0 Å². The van der Waals surface area contributed by atoms with Crippen LogP contribution < -0.4 is 9.47 Å². The third-order valence-corrected chi connectivity index (χ3v) is 5.42. The summed E-state index contributed by atoms with van der Waals surface area (Å²) >= 11 is 13.4. The SMILES string of the molecule is CN(Cc1ccc(Cl)c(Cl)c1)C(=O)CSc1ccc2c(c1)OCCO2. The maximum atomic E-state index is 12.4. The monoisotopic (exact) mass is 397 g/mol. The molecule has 1 aliphatic rings. The fourth-order valence-corrected chi connectivity index (χ4v) is 3.55. The molecule has 0 fully saturated rings. The van der Waals surface area contributed by atoms with Crippen molar-refractivity contribution in [2.75, 3.05) is 26.0 Å². The number of nitrogens with zero attached hydrogens (tertiary/aromatic N) is 1. The van der Waals surface area contributed by atoms with Gasteiger partial charge in [-0.3, -0.25) is 4.79 Å². The second kappa shape index (κ2) is 8.21. The molecule has 1 amide bonds. The highest BCUT2D eigenvalue weighted by Gasteiger charge is 2.14. The van der Waals surface area contributed by atoms with Crippen LogP contribution in [0.25, 0.3) is 0 Å². The van der Waals surface area contributed by atoms with Gasteiger partial charge in [-0.05, 0) is 35.9 Å². The van der Waals surface area contributed by atoms with Gasteiger partial charge in [0.2, 0.25) is 5.91 Å². The van der Waals surface area contributed by atoms with Gasteiger partial charge in [0, 0.05) is 18.5 Å². The largest absolute Gasteiger partial charge is 0.486 e. The minimum absolute atomic E-state index is 0.0333. The van der Waals surface area contributed by atoms with E-state index in [1.165, 1.54) is 11.8 Å². The van der Waals surface area contributed by atoms with Crippen molar-refractivity contribution in [2.24, 2.45) is 0 Å². The summed E-state index contributed by atoms with van der Waals surface area (Å²) in [6.07, 6.45) is 0. The quantitative estimate of drug-likeness (QED) is 0.695. The van der Waals surface area contributed by atoms with Crippen molar-refractivity contribution < 1.29 is 14.3 Å². The average Bonchev–Trinajstić information content (AvgIpc) is 2.62. The lowest BCUT2D eigenvalue weighted by atomic mass is 10.2. The number of hydrogen-bond donors (Lipinski definition) is 0. The predicted octanol–water partition coefficient (Wildman–Crippen LogP) is 4.52. The van der Waals surface area contributed by atoms with Crippen molar-refractivity contribution in [3.8, 4) is 11.5 Å². The molecule has 0 unspecified atom stereocenters. The van der Waals surface area contributed by atoms with Crippen molar-refractivity contribution in [1.82, 2.24) is 4.90 Å². The maximum absolute atomic E-state index is 12.4. The van der Waals surface area contributed by atoms with E-state index in [-0.39, 0.29) is 5.91 Å². The van der Waals surface area contributed by atoms with Crippen LogP contribution in [0.2, 0.25) is 10.0 Å². The molecule has 7 heteroatoms. The first-order chi connectivity index (χ1) is 12.0. The van der Waals surface area contributed by atoms with Gasteiger partial charge in [0.05, 0.1) is 15.8 Å². The van der Waals surface area contributed by atoms with Crippen LogP contribution in [0, 0.1) is 0 Å². The molecule has 0 saturated heterocycles. The van der Waals surface area contributed by atoms with Gasteiger partial charge in [-0.1, -0.05) is 29.3 Å². The molecule has 0 radical (unpaired) electrons. The fraction of sp³-hybridized carbons (Fsp3) is 0.278. The Morgan fingerprint density at radius 3 is 2.60 bits per heavy atom. The highest BCUT2D eigenvalue weighted by Crippen LogP contribution is 2.34. The maximum Gasteiger partial charge on any atom is 0.232 e. The number of hydrogen-bond acceptors (Lipinski definition) is 4. The minimum atomic E-state index is 0.0333. The molecule has 0 aromatic heterocycles. The molecular formula is C18H17Cl2NO3S. The molecule has 0 atom stereocenters. The van der Waals surface area contributed by atoms with Crippen molar-refractivity contribution in [3.05, 3.63) is 52.0 Å². The lowest BCUT2D eigenvalue weighted by molar-refractivity contribution is -0.127. The third-order valence-electron chi connectivity index (χ3n) is 3.71. The zero-order valence-electron chi connectivity index (χ0n) is 13.6. The average molecular weight is 398 g/mol. The van der Waals surface area contributed by atoms with Crippen molar-refractivity contribution in [1.29, 1.82) is 0 Å². The molecule has 2 aromatic rings. The second-order valence-electron chi connectivity index (χ2n) is 5.59. The van der Waals surface area contributed by atoms with Crippen LogP contribution in [0.4, 0.5) is 0 Å². The predicted molar refractivity (Wildman–Crippen MR) is 101 cm³/mol. The number of fused-ring (bicyclic) bond motifs is 1. The third kappa shape index (κ3) is 4.75. The molecule has 3 rings (SSSR count). The first kappa shape index (κ1) is 18.2. The first-order valence-electron chi connectivity index (χ1n) is 7.73. The van der Waals surface area contributed by atoms with Gasteiger partial charge in [-0.25, -0.2) is 0 Å². The Hall–Kier alpha value is -1.56. The smallest absolute Gasteiger partial charge is 0.232 e. The highest BCUT2D eigenvalue weighted by atomic mass is 35.5. The fourth-order valence-electron chi connectivity index (χ4n) is 2.37. The van der Waals surface area contributed by atoms with E-state index in [4.69, 9.17) is 32.7 Å². The van der Waals surface area contributed by atoms with E-state index >= 15 is 0 Å². The van der Waals surface area contributed by atoms with Crippen LogP contribution >= 0.6 is 35.0 Å². The summed E-state index contributed by atoms with van der Waals surface area (Å²) in [5.41, 5.74) is 0.939. The molecule has 0 bridgehead atoms. The molecule has 132 valence electrons. The number of halogens is 2. The summed E-state index contributed by atoms with van der Waals surface area (Å²) in [5.74, 6) is 1.86. The molecule has 0 aliphatic carbocycles. The Labute approximate surface area is 161 Å². The lowest BCUT2D eigenvalue weighted by Crippen LogP contribution is -2.27. The Balaban J connectivity index is 1.55. The van der Waals surface area contributed by atoms with Crippen molar-refractivity contribution in [3.63, 3.8) is 0 Å². The standard InChI is InChI=1S/C18H17Cl2NO3S/c1-21(10-12-2-4-14(19)15(20)8-12)18(22)11-25-13-3-5-16-17(9-13)24-7-6-23-16/h2-5,8-9H,6-7,10-11H2,1H3. The van der Waals surface area contributed by atoms with E-state index in [0.29, 0.717) is 35.6 Å². The van der Waals surface area contributed by atoms with Gasteiger partial charge < -0.3 is 14.4 Å². The van der Waals surface area contributed by atoms with Crippen molar-refractivity contribution >= 4 is 40.9 Å². The van der Waals surface area contributed by atoms with E-state index in [9.17, 15) is 4.79 Å². The highest BCUT2D eigenvalue weighted by molar-refractivity contribution is 8.00. The van der Waals surface area contributed by atoms with Crippen LogP contribution in [-0.4, -0.2) is 36.8 Å². The molecule has 0 spiro atoms. The summed E-state index contributed by atoms with van der Waals surface area (Å²) in [4.78, 5) is 15.0. The summed E-state index contributed by atoms with van der Waals surface area (Å²) < 4.78 is 11.1. The zero-order valence-corrected chi connectivity index (χ0v) is 16.0. The van der Waals surface area contributed by atoms with E-state index in [1.54, 1.807) is 24.1 Å². The van der Waals surface area contributed by atoms with E-state index < -0.39 is 0 Å². The number of rotatable bonds is 5. The Bertz CT molecular complexity index is 785. The number of carbonyl (C=O) groups excluding carboxylic acids is 1. The first-order valence-corrected chi connectivity index (χ1v) is 9.47. The lowest BCUT2D eigenvalue weighted by Gasteiger charge is -2.19. The van der Waals surface area contributed by atoms with Gasteiger partial charge >= 0.3 is 0 Å². The Morgan fingerprint density at radius 1 is 1.08 bits per heavy atom. The van der Waals surface area contributed by atoms with Crippen LogP contribution in [0.15, 0.2) is 41.3 Å². The molecule has 1 aliphatic heterocycles. The van der Waals surface area contributed by atoms with Crippen LogP contribution in [0.3, 0.4) is 0 Å². The topological polar surface area (TPSA) is 38.8 Å². The normalized spacial score (nSPS) is 12.8. The van der Waals surface area contributed by atoms with Crippen LogP contribution in [-0.2, 0) is 11.3 Å². The van der Waals surface area contributed by atoms with Gasteiger partial charge in [-0.15, -0.1) is 11.8 Å². The molecular weight excluding hydrogens is 381 g/mol. The number of thioether (sulfide) groups is 1. The molecule has 2 aromatic carbocycles. The Morgan fingerprint density at radius 2 is 1.84 bits per heavy atom. The van der Waals surface area contributed by atoms with Gasteiger partial charge in [-0.2, -0.15) is 0 Å². The van der Waals surface area contributed by atoms with Crippen molar-refractivity contribution in [2.45, 2.75) is 11.4 Å². The summed E-state index contributed by atoms with van der Waals surface area (Å²) in [5, 5.41) is 0.999. The number of benzene rings is 2.